The fraction of sp³-hybridized carbons (Fsp3) is 0.615. The molecule has 0 bridgehead atoms. The number of ether oxygens (including phenoxy) is 1. The third-order valence-electron chi connectivity index (χ3n) is 2.72. The van der Waals surface area contributed by atoms with Gasteiger partial charge in [-0.1, -0.05) is 13.3 Å². The number of terminal acetylenes is 1. The zero-order valence-electron chi connectivity index (χ0n) is 11.3. The Labute approximate surface area is 114 Å². The van der Waals surface area contributed by atoms with Crippen molar-refractivity contribution >= 4 is 6.41 Å². The molecule has 108 valence electrons. The Balaban J connectivity index is 0.000000982. The van der Waals surface area contributed by atoms with Gasteiger partial charge in [0.2, 0.25) is 6.41 Å². The summed E-state index contributed by atoms with van der Waals surface area (Å²) in [5.41, 5.74) is 0. The van der Waals surface area contributed by atoms with Gasteiger partial charge in [0.05, 0.1) is 12.7 Å². The van der Waals surface area contributed by atoms with Crippen LogP contribution in [0.4, 0.5) is 0 Å². The van der Waals surface area contributed by atoms with Crippen molar-refractivity contribution in [1.29, 1.82) is 0 Å². The molecule has 0 saturated carbocycles. The molecule has 1 heterocycles. The van der Waals surface area contributed by atoms with Crippen molar-refractivity contribution in [1.82, 2.24) is 10.2 Å². The first-order valence-electron chi connectivity index (χ1n) is 6.02. The minimum Gasteiger partial charge on any atom is -0.462 e. The van der Waals surface area contributed by atoms with Crippen LogP contribution in [-0.2, 0) is 9.53 Å². The monoisotopic (exact) mass is 270 g/mol. The van der Waals surface area contributed by atoms with Crippen LogP contribution in [0.3, 0.4) is 0 Å². The van der Waals surface area contributed by atoms with Gasteiger partial charge in [-0.15, -0.1) is 0 Å². The highest BCUT2D eigenvalue weighted by Gasteiger charge is 2.33. The Morgan fingerprint density at radius 1 is 1.63 bits per heavy atom. The van der Waals surface area contributed by atoms with Gasteiger partial charge in [0.1, 0.15) is 12.3 Å². The lowest BCUT2D eigenvalue weighted by molar-refractivity contribution is -0.109. The van der Waals surface area contributed by atoms with Crippen LogP contribution in [0.5, 0.6) is 0 Å². The Morgan fingerprint density at radius 2 is 2.26 bits per heavy atom. The van der Waals surface area contributed by atoms with E-state index >= 15 is 0 Å². The van der Waals surface area contributed by atoms with Crippen LogP contribution in [0.25, 0.3) is 0 Å². The molecule has 1 fully saturated rings. The van der Waals surface area contributed by atoms with E-state index in [9.17, 15) is 4.79 Å². The van der Waals surface area contributed by atoms with Gasteiger partial charge in [0.15, 0.2) is 0 Å². The van der Waals surface area contributed by atoms with E-state index in [0.717, 1.165) is 6.42 Å². The van der Waals surface area contributed by atoms with Crippen molar-refractivity contribution in [2.75, 3.05) is 20.2 Å². The van der Waals surface area contributed by atoms with Gasteiger partial charge in [0, 0.05) is 19.5 Å². The van der Waals surface area contributed by atoms with Gasteiger partial charge in [-0.3, -0.25) is 4.79 Å². The summed E-state index contributed by atoms with van der Waals surface area (Å²) in [6, 6.07) is 0. The summed E-state index contributed by atoms with van der Waals surface area (Å²) in [6.07, 6.45) is 10.6. The topological polar surface area (TPSA) is 82.0 Å². The summed E-state index contributed by atoms with van der Waals surface area (Å²) in [4.78, 5) is 12.0. The van der Waals surface area contributed by atoms with Gasteiger partial charge in [0.25, 0.3) is 0 Å². The maximum atomic E-state index is 10.0. The molecule has 0 aromatic rings. The van der Waals surface area contributed by atoms with E-state index in [1.54, 1.807) is 0 Å². The molecular weight excluding hydrogens is 248 g/mol. The minimum atomic E-state index is -0.0519. The van der Waals surface area contributed by atoms with Crippen LogP contribution in [0.1, 0.15) is 13.3 Å². The van der Waals surface area contributed by atoms with E-state index in [0.29, 0.717) is 18.9 Å². The predicted molar refractivity (Wildman–Crippen MR) is 71.3 cm³/mol. The molecule has 6 nitrogen and oxygen atoms in total. The number of carbonyl (C=O) groups is 1. The van der Waals surface area contributed by atoms with E-state index in [2.05, 4.69) is 18.7 Å². The zero-order chi connectivity index (χ0) is 14.7. The number of hydrogen-bond donors (Lipinski definition) is 3. The van der Waals surface area contributed by atoms with E-state index in [1.807, 2.05) is 24.2 Å². The first-order chi connectivity index (χ1) is 9.10. The smallest absolute Gasteiger partial charge is 0.207 e. The third-order valence-corrected chi connectivity index (χ3v) is 2.72. The van der Waals surface area contributed by atoms with Gasteiger partial charge in [-0.05, 0) is 18.7 Å². The molecule has 3 atom stereocenters. The highest BCUT2D eigenvalue weighted by atomic mass is 16.5. The Bertz CT molecular complexity index is 314. The first kappa shape index (κ1) is 17.3. The molecule has 0 radical (unpaired) electrons. The molecular formula is C13H22N2O4. The maximum Gasteiger partial charge on any atom is 0.207 e. The van der Waals surface area contributed by atoms with Crippen LogP contribution < -0.4 is 5.32 Å². The largest absolute Gasteiger partial charge is 0.462 e. The first-order valence-corrected chi connectivity index (χ1v) is 6.02. The molecule has 1 rings (SSSR count). The second kappa shape index (κ2) is 10.2. The Kier molecular flexibility index (Phi) is 9.31. The van der Waals surface area contributed by atoms with Gasteiger partial charge in [-0.2, -0.15) is 0 Å². The van der Waals surface area contributed by atoms with Gasteiger partial charge in [-0.25, -0.2) is 0 Å². The number of aliphatic hydroxyl groups excluding tert-OH is 2. The molecule has 1 aliphatic heterocycles. The van der Waals surface area contributed by atoms with Gasteiger partial charge >= 0.3 is 0 Å². The van der Waals surface area contributed by atoms with Gasteiger partial charge < -0.3 is 25.2 Å². The van der Waals surface area contributed by atoms with Crippen molar-refractivity contribution in [3.8, 4) is 12.5 Å². The van der Waals surface area contributed by atoms with E-state index in [1.165, 1.54) is 6.11 Å². The summed E-state index contributed by atoms with van der Waals surface area (Å²) in [6.45, 7) is 2.69. The summed E-state index contributed by atoms with van der Waals surface area (Å²) in [7, 11) is 1.93. The maximum absolute atomic E-state index is 10.0. The van der Waals surface area contributed by atoms with Crippen molar-refractivity contribution < 1.29 is 19.7 Å². The third kappa shape index (κ3) is 6.70. The lowest BCUT2D eigenvalue weighted by atomic mass is 10.1. The fourth-order valence-electron chi connectivity index (χ4n) is 1.95. The Morgan fingerprint density at radius 3 is 2.74 bits per heavy atom. The average molecular weight is 270 g/mol. The highest BCUT2D eigenvalue weighted by Crippen LogP contribution is 2.27. The highest BCUT2D eigenvalue weighted by molar-refractivity contribution is 5.46. The van der Waals surface area contributed by atoms with Crippen molar-refractivity contribution in [2.45, 2.75) is 25.7 Å². The summed E-state index contributed by atoms with van der Waals surface area (Å²) < 4.78 is 5.68. The molecule has 19 heavy (non-hydrogen) atoms. The number of rotatable bonds is 6. The van der Waals surface area contributed by atoms with E-state index < -0.39 is 0 Å². The van der Waals surface area contributed by atoms with Crippen LogP contribution in [0.15, 0.2) is 12.3 Å². The number of carbonyl (C=O) groups excluding carboxylic acids is 1. The minimum absolute atomic E-state index is 0.00429. The van der Waals surface area contributed by atoms with Crippen LogP contribution in [0.2, 0.25) is 0 Å². The second-order valence-electron chi connectivity index (χ2n) is 4.25. The quantitative estimate of drug-likeness (QED) is 0.356. The van der Waals surface area contributed by atoms with E-state index in [4.69, 9.17) is 14.9 Å². The molecule has 3 N–H and O–H groups in total. The average Bonchev–Trinajstić information content (AvgIpc) is 2.77. The molecule has 1 amide bonds. The second-order valence-corrected chi connectivity index (χ2v) is 4.25. The van der Waals surface area contributed by atoms with Crippen LogP contribution in [-0.4, -0.2) is 54.1 Å². The number of hydrogen-bond acceptors (Lipinski definition) is 5. The zero-order valence-corrected chi connectivity index (χ0v) is 11.3. The summed E-state index contributed by atoms with van der Waals surface area (Å²) >= 11 is 0. The lowest BCUT2D eigenvalue weighted by Gasteiger charge is -2.25. The number of nitrogens with one attached hydrogen (secondary N) is 1. The SMILES string of the molecule is C#CO.CC1CC(CO)OC1N(C)/C=C\CNC=O. The standard InChI is InChI=1S/C11H20N2O3.C2H2O/c1-9-6-10(7-14)16-11(9)13(2)5-3-4-12-8-15;1-2-3/h3,5,8-11,14H,4,6-7H2,1-2H3,(H,12,15);1,3H/b5-3-;. The molecule has 6 heteroatoms. The number of nitrogens with zero attached hydrogens (tertiary/aromatic N) is 1. The fourth-order valence-corrected chi connectivity index (χ4v) is 1.95. The lowest BCUT2D eigenvalue weighted by Crippen LogP contribution is -2.31. The predicted octanol–water partition coefficient (Wildman–Crippen LogP) is -0.129. The van der Waals surface area contributed by atoms with Crippen molar-refractivity contribution in [2.24, 2.45) is 5.92 Å². The molecule has 0 spiro atoms. The molecule has 0 aromatic carbocycles. The Hall–Kier alpha value is -1.71. The summed E-state index contributed by atoms with van der Waals surface area (Å²) in [5, 5.41) is 18.7. The van der Waals surface area contributed by atoms with E-state index in [-0.39, 0.29) is 18.9 Å². The van der Waals surface area contributed by atoms with Crippen LogP contribution >= 0.6 is 0 Å². The molecule has 1 saturated heterocycles. The number of aliphatic hydroxyl groups is 2. The molecule has 1 aliphatic rings. The normalized spacial score (nSPS) is 25.3. The van der Waals surface area contributed by atoms with Crippen LogP contribution in [0, 0.1) is 18.4 Å². The summed E-state index contributed by atoms with van der Waals surface area (Å²) in [5.74, 6) is 0.394. The van der Waals surface area contributed by atoms with Crippen molar-refractivity contribution in [3.63, 3.8) is 0 Å². The van der Waals surface area contributed by atoms with Crippen molar-refractivity contribution in [3.05, 3.63) is 12.3 Å². The molecule has 3 unspecified atom stereocenters. The molecule has 0 aromatic heterocycles. The number of amides is 1. The molecule has 0 aliphatic carbocycles.